The maximum absolute atomic E-state index is 13.4. The zero-order chi connectivity index (χ0) is 16.0. The Balaban J connectivity index is 2.78. The lowest BCUT2D eigenvalue weighted by molar-refractivity contribution is -0.119. The van der Waals surface area contributed by atoms with Crippen LogP contribution in [-0.4, -0.2) is 17.9 Å². The quantitative estimate of drug-likeness (QED) is 0.755. The second-order valence-electron chi connectivity index (χ2n) is 5.08. The van der Waals surface area contributed by atoms with Crippen LogP contribution in [0, 0.1) is 23.5 Å². The summed E-state index contributed by atoms with van der Waals surface area (Å²) in [6, 6.07) is 3.66. The third kappa shape index (κ3) is 4.85. The highest BCUT2D eigenvalue weighted by atomic mass is 19.2. The molecule has 0 fully saturated rings. The van der Waals surface area contributed by atoms with Crippen LogP contribution in [0.2, 0.25) is 0 Å². The van der Waals surface area contributed by atoms with Gasteiger partial charge >= 0.3 is 0 Å². The first-order chi connectivity index (χ1) is 9.86. The molecule has 0 N–H and O–H groups in total. The van der Waals surface area contributed by atoms with E-state index in [1.807, 2.05) is 13.8 Å². The van der Waals surface area contributed by atoms with E-state index in [-0.39, 0.29) is 23.7 Å². The standard InChI is InChI=1S/C16H19F2NO2/c1-4-10(2)13(11(3)20)9-19-15(21)8-12-6-5-7-14(17)16(12)18/h5-7,9-10,13H,4,8H2,1-3H3/t10-,13?/m0/s1. The second kappa shape index (κ2) is 7.76. The van der Waals surface area contributed by atoms with Gasteiger partial charge in [0.2, 0.25) is 5.91 Å². The molecule has 0 aliphatic heterocycles. The Morgan fingerprint density at radius 3 is 2.57 bits per heavy atom. The normalized spacial score (nSPS) is 14.1. The van der Waals surface area contributed by atoms with Gasteiger partial charge in [-0.05, 0) is 18.9 Å². The minimum Gasteiger partial charge on any atom is -0.299 e. The number of hydrogen-bond donors (Lipinski definition) is 0. The number of Topliss-reactive ketones (excluding diaryl/α,β-unsaturated/α-hetero) is 1. The van der Waals surface area contributed by atoms with Gasteiger partial charge in [0.25, 0.3) is 0 Å². The molecule has 1 aromatic rings. The van der Waals surface area contributed by atoms with E-state index < -0.39 is 23.5 Å². The largest absolute Gasteiger partial charge is 0.299 e. The van der Waals surface area contributed by atoms with Gasteiger partial charge in [-0.2, -0.15) is 0 Å². The molecule has 1 unspecified atom stereocenters. The van der Waals surface area contributed by atoms with Gasteiger partial charge < -0.3 is 0 Å². The van der Waals surface area contributed by atoms with Crippen LogP contribution < -0.4 is 0 Å². The summed E-state index contributed by atoms with van der Waals surface area (Å²) >= 11 is 0. The number of nitrogens with zero attached hydrogens (tertiary/aromatic N) is 1. The highest BCUT2D eigenvalue weighted by molar-refractivity contribution is 5.97. The molecule has 0 aromatic heterocycles. The summed E-state index contributed by atoms with van der Waals surface area (Å²) in [5.74, 6) is -3.07. The minimum absolute atomic E-state index is 0.0416. The number of aliphatic imine (C=N–C) groups is 1. The van der Waals surface area contributed by atoms with Gasteiger partial charge in [-0.15, -0.1) is 0 Å². The van der Waals surface area contributed by atoms with Gasteiger partial charge in [-0.25, -0.2) is 13.8 Å². The van der Waals surface area contributed by atoms with Gasteiger partial charge in [0.05, 0.1) is 12.3 Å². The number of rotatable bonds is 6. The van der Waals surface area contributed by atoms with E-state index in [9.17, 15) is 18.4 Å². The molecule has 0 heterocycles. The molecule has 0 saturated carbocycles. The van der Waals surface area contributed by atoms with Crippen molar-refractivity contribution < 1.29 is 18.4 Å². The average Bonchev–Trinajstić information content (AvgIpc) is 2.43. The van der Waals surface area contributed by atoms with Crippen molar-refractivity contribution in [2.45, 2.75) is 33.6 Å². The molecule has 5 heteroatoms. The molecule has 1 aromatic carbocycles. The molecule has 0 radical (unpaired) electrons. The Morgan fingerprint density at radius 1 is 1.33 bits per heavy atom. The van der Waals surface area contributed by atoms with Gasteiger partial charge in [0.15, 0.2) is 11.6 Å². The van der Waals surface area contributed by atoms with Crippen LogP contribution in [0.1, 0.15) is 32.8 Å². The maximum atomic E-state index is 13.4. The van der Waals surface area contributed by atoms with Crippen LogP contribution >= 0.6 is 0 Å². The van der Waals surface area contributed by atoms with E-state index in [1.165, 1.54) is 25.3 Å². The summed E-state index contributed by atoms with van der Waals surface area (Å²) in [6.07, 6.45) is 1.77. The average molecular weight is 295 g/mol. The van der Waals surface area contributed by atoms with Crippen molar-refractivity contribution in [3.63, 3.8) is 0 Å². The van der Waals surface area contributed by atoms with Gasteiger partial charge in [0.1, 0.15) is 5.78 Å². The van der Waals surface area contributed by atoms with Crippen molar-refractivity contribution >= 4 is 17.9 Å². The Labute approximate surface area is 123 Å². The lowest BCUT2D eigenvalue weighted by atomic mass is 9.90. The lowest BCUT2D eigenvalue weighted by Crippen LogP contribution is -2.21. The fraction of sp³-hybridized carbons (Fsp3) is 0.438. The van der Waals surface area contributed by atoms with Crippen molar-refractivity contribution in [1.82, 2.24) is 0 Å². The summed E-state index contributed by atoms with van der Waals surface area (Å²) in [7, 11) is 0. The van der Waals surface area contributed by atoms with E-state index in [0.717, 1.165) is 12.5 Å². The second-order valence-corrected chi connectivity index (χ2v) is 5.08. The molecular weight excluding hydrogens is 276 g/mol. The highest BCUT2D eigenvalue weighted by Crippen LogP contribution is 2.15. The molecular formula is C16H19F2NO2. The molecule has 0 aliphatic carbocycles. The zero-order valence-corrected chi connectivity index (χ0v) is 12.4. The molecule has 1 amide bonds. The summed E-state index contributed by atoms with van der Waals surface area (Å²) in [5, 5.41) is 0. The first-order valence-electron chi connectivity index (χ1n) is 6.87. The van der Waals surface area contributed by atoms with Crippen molar-refractivity contribution in [2.75, 3.05) is 0 Å². The van der Waals surface area contributed by atoms with Crippen molar-refractivity contribution in [2.24, 2.45) is 16.8 Å². The SMILES string of the molecule is CC[C@H](C)C(C=NC(=O)Cc1cccc(F)c1F)C(C)=O. The number of amides is 1. The van der Waals surface area contributed by atoms with E-state index in [4.69, 9.17) is 0 Å². The molecule has 2 atom stereocenters. The van der Waals surface area contributed by atoms with Crippen LogP contribution in [0.5, 0.6) is 0 Å². The van der Waals surface area contributed by atoms with E-state index in [2.05, 4.69) is 4.99 Å². The summed E-state index contributed by atoms with van der Waals surface area (Å²) in [4.78, 5) is 26.9. The minimum atomic E-state index is -1.04. The van der Waals surface area contributed by atoms with Crippen molar-refractivity contribution in [3.05, 3.63) is 35.4 Å². The predicted octanol–water partition coefficient (Wildman–Crippen LogP) is 3.36. The number of halogens is 2. The molecule has 0 saturated heterocycles. The number of carbonyl (C=O) groups is 2. The third-order valence-corrected chi connectivity index (χ3v) is 3.48. The topological polar surface area (TPSA) is 46.5 Å². The highest BCUT2D eigenvalue weighted by Gasteiger charge is 2.19. The predicted molar refractivity (Wildman–Crippen MR) is 77.2 cm³/mol. The summed E-state index contributed by atoms with van der Waals surface area (Å²) in [5.41, 5.74) is -0.0416. The van der Waals surface area contributed by atoms with E-state index in [1.54, 1.807) is 0 Å². The molecule has 21 heavy (non-hydrogen) atoms. The van der Waals surface area contributed by atoms with E-state index in [0.29, 0.717) is 0 Å². The Morgan fingerprint density at radius 2 is 2.00 bits per heavy atom. The van der Waals surface area contributed by atoms with Crippen LogP contribution in [0.25, 0.3) is 0 Å². The molecule has 0 aliphatic rings. The Hall–Kier alpha value is -1.91. The maximum Gasteiger partial charge on any atom is 0.249 e. The fourth-order valence-corrected chi connectivity index (χ4v) is 1.96. The smallest absolute Gasteiger partial charge is 0.249 e. The lowest BCUT2D eigenvalue weighted by Gasteiger charge is -2.14. The van der Waals surface area contributed by atoms with Crippen molar-refractivity contribution in [3.8, 4) is 0 Å². The number of benzene rings is 1. The summed E-state index contributed by atoms with van der Waals surface area (Å²) in [6.45, 7) is 5.28. The first kappa shape index (κ1) is 17.1. The Kier molecular flexibility index (Phi) is 6.34. The zero-order valence-electron chi connectivity index (χ0n) is 12.4. The van der Waals surface area contributed by atoms with E-state index >= 15 is 0 Å². The van der Waals surface area contributed by atoms with Gasteiger partial charge in [-0.1, -0.05) is 32.4 Å². The van der Waals surface area contributed by atoms with Crippen LogP contribution in [-0.2, 0) is 16.0 Å². The fourth-order valence-electron chi connectivity index (χ4n) is 1.96. The summed E-state index contributed by atoms with van der Waals surface area (Å²) < 4.78 is 26.5. The third-order valence-electron chi connectivity index (χ3n) is 3.48. The monoisotopic (exact) mass is 295 g/mol. The first-order valence-corrected chi connectivity index (χ1v) is 6.87. The number of hydrogen-bond acceptors (Lipinski definition) is 2. The van der Waals surface area contributed by atoms with Gasteiger partial charge in [0, 0.05) is 11.8 Å². The Bertz CT molecular complexity index is 555. The van der Waals surface area contributed by atoms with Crippen molar-refractivity contribution in [1.29, 1.82) is 0 Å². The molecule has 0 bridgehead atoms. The van der Waals surface area contributed by atoms with Gasteiger partial charge in [-0.3, -0.25) is 9.59 Å². The molecule has 1 rings (SSSR count). The number of ketones is 1. The molecule has 114 valence electrons. The van der Waals surface area contributed by atoms with Crippen LogP contribution in [0.4, 0.5) is 8.78 Å². The van der Waals surface area contributed by atoms with Crippen LogP contribution in [0.3, 0.4) is 0 Å². The molecule has 3 nitrogen and oxygen atoms in total. The number of carbonyl (C=O) groups excluding carboxylic acids is 2. The molecule has 0 spiro atoms. The van der Waals surface area contributed by atoms with Crippen LogP contribution in [0.15, 0.2) is 23.2 Å².